The molecule has 1 heterocycles. The number of esters is 1. The van der Waals surface area contributed by atoms with Crippen LogP contribution in [0.15, 0.2) is 65.4 Å². The molecule has 1 amide bonds. The topological polar surface area (TPSA) is 55.8 Å². The number of carbonyl (C=O) groups excluding carboxylic acids is 2. The van der Waals surface area contributed by atoms with Gasteiger partial charge < -0.3 is 9.47 Å². The zero-order chi connectivity index (χ0) is 21.1. The Kier molecular flexibility index (Phi) is 5.87. The fraction of sp³-hybridized carbons (Fsp3) is 0.250. The zero-order valence-corrected chi connectivity index (χ0v) is 17.4. The Bertz CT molecular complexity index is 983. The van der Waals surface area contributed by atoms with Gasteiger partial charge in [0.1, 0.15) is 5.75 Å². The summed E-state index contributed by atoms with van der Waals surface area (Å²) in [5, 5.41) is 0. The molecular weight excluding hydrogens is 366 g/mol. The molecule has 0 spiro atoms. The molecule has 0 N–H and O–H groups in total. The summed E-state index contributed by atoms with van der Waals surface area (Å²) in [4.78, 5) is 27.3. The minimum atomic E-state index is -0.531. The molecule has 3 rings (SSSR count). The summed E-state index contributed by atoms with van der Waals surface area (Å²) in [6, 6.07) is 15.1. The normalized spacial score (nSPS) is 15.4. The van der Waals surface area contributed by atoms with Gasteiger partial charge in [-0.15, -0.1) is 0 Å². The van der Waals surface area contributed by atoms with Crippen molar-refractivity contribution in [3.63, 3.8) is 0 Å². The molecular formula is C24H25NO4. The fourth-order valence-electron chi connectivity index (χ4n) is 3.37. The van der Waals surface area contributed by atoms with Crippen LogP contribution in [-0.4, -0.2) is 26.1 Å². The van der Waals surface area contributed by atoms with Crippen LogP contribution in [0.3, 0.4) is 0 Å². The first kappa shape index (κ1) is 20.4. The molecule has 1 aliphatic heterocycles. The summed E-state index contributed by atoms with van der Waals surface area (Å²) in [6.07, 6.45) is 1.74. The Morgan fingerprint density at radius 2 is 1.62 bits per heavy atom. The highest BCUT2D eigenvalue weighted by Crippen LogP contribution is 2.36. The molecule has 0 unspecified atom stereocenters. The Hall–Kier alpha value is -3.34. The largest absolute Gasteiger partial charge is 0.497 e. The number of hydrogen-bond acceptors (Lipinski definition) is 4. The maximum atomic E-state index is 13.3. The van der Waals surface area contributed by atoms with Gasteiger partial charge in [0.05, 0.1) is 25.4 Å². The van der Waals surface area contributed by atoms with Crippen LogP contribution in [0.4, 0.5) is 5.69 Å². The SMILES string of the molecule is COC(=O)C1=C(C)N(c2ccc(OC)cc2)C(=O)/C1=C\c1ccc(C(C)C)cc1. The van der Waals surface area contributed by atoms with Gasteiger partial charge in [0.2, 0.25) is 0 Å². The smallest absolute Gasteiger partial charge is 0.340 e. The predicted octanol–water partition coefficient (Wildman–Crippen LogP) is 4.70. The Morgan fingerprint density at radius 1 is 1.00 bits per heavy atom. The van der Waals surface area contributed by atoms with Crippen LogP contribution in [0.25, 0.3) is 6.08 Å². The lowest BCUT2D eigenvalue weighted by Crippen LogP contribution is -2.24. The van der Waals surface area contributed by atoms with E-state index in [0.29, 0.717) is 28.6 Å². The molecule has 5 heteroatoms. The molecule has 0 atom stereocenters. The summed E-state index contributed by atoms with van der Waals surface area (Å²) >= 11 is 0. The number of anilines is 1. The standard InChI is InChI=1S/C24H25NO4/c1-15(2)18-8-6-17(7-9-18)14-21-22(24(27)29-5)16(3)25(23(21)26)19-10-12-20(28-4)13-11-19/h6-15H,1-5H3/b21-14-. The molecule has 5 nitrogen and oxygen atoms in total. The van der Waals surface area contributed by atoms with Crippen LogP contribution in [0.1, 0.15) is 37.8 Å². The average molecular weight is 391 g/mol. The van der Waals surface area contributed by atoms with Gasteiger partial charge in [-0.05, 0) is 54.3 Å². The van der Waals surface area contributed by atoms with Gasteiger partial charge in [-0.25, -0.2) is 4.79 Å². The van der Waals surface area contributed by atoms with E-state index < -0.39 is 5.97 Å². The van der Waals surface area contributed by atoms with Crippen molar-refractivity contribution in [2.45, 2.75) is 26.7 Å². The molecule has 0 fully saturated rings. The van der Waals surface area contributed by atoms with Crippen molar-refractivity contribution in [1.29, 1.82) is 0 Å². The summed E-state index contributed by atoms with van der Waals surface area (Å²) < 4.78 is 10.1. The average Bonchev–Trinajstić information content (AvgIpc) is 2.97. The number of carbonyl (C=O) groups is 2. The molecule has 29 heavy (non-hydrogen) atoms. The molecule has 0 saturated carbocycles. The maximum Gasteiger partial charge on any atom is 0.340 e. The van der Waals surface area contributed by atoms with Gasteiger partial charge in [-0.3, -0.25) is 9.69 Å². The van der Waals surface area contributed by atoms with Gasteiger partial charge in [0, 0.05) is 11.4 Å². The highest BCUT2D eigenvalue weighted by atomic mass is 16.5. The zero-order valence-electron chi connectivity index (χ0n) is 17.4. The van der Waals surface area contributed by atoms with Crippen molar-refractivity contribution < 1.29 is 19.1 Å². The van der Waals surface area contributed by atoms with Crippen molar-refractivity contribution in [1.82, 2.24) is 0 Å². The van der Waals surface area contributed by atoms with E-state index >= 15 is 0 Å². The lowest BCUT2D eigenvalue weighted by atomic mass is 9.99. The van der Waals surface area contributed by atoms with E-state index in [2.05, 4.69) is 13.8 Å². The second-order valence-electron chi connectivity index (χ2n) is 7.17. The molecule has 0 radical (unpaired) electrons. The van der Waals surface area contributed by atoms with E-state index in [1.165, 1.54) is 17.6 Å². The van der Waals surface area contributed by atoms with Crippen molar-refractivity contribution in [2.75, 3.05) is 19.1 Å². The maximum absolute atomic E-state index is 13.3. The summed E-state index contributed by atoms with van der Waals surface area (Å²) in [6.45, 7) is 6.00. The number of amides is 1. The Labute approximate surface area is 171 Å². The van der Waals surface area contributed by atoms with Crippen LogP contribution in [0.5, 0.6) is 5.75 Å². The molecule has 2 aromatic rings. The monoisotopic (exact) mass is 391 g/mol. The first-order valence-electron chi connectivity index (χ1n) is 9.47. The Morgan fingerprint density at radius 3 is 2.14 bits per heavy atom. The third-order valence-corrected chi connectivity index (χ3v) is 5.03. The fourth-order valence-corrected chi connectivity index (χ4v) is 3.37. The molecule has 150 valence electrons. The van der Waals surface area contributed by atoms with E-state index in [4.69, 9.17) is 9.47 Å². The number of methoxy groups -OCH3 is 2. The van der Waals surface area contributed by atoms with Crippen molar-refractivity contribution in [3.8, 4) is 5.75 Å². The number of benzene rings is 2. The number of ether oxygens (including phenoxy) is 2. The number of allylic oxidation sites excluding steroid dienone is 1. The predicted molar refractivity (Wildman–Crippen MR) is 114 cm³/mol. The van der Waals surface area contributed by atoms with Crippen LogP contribution in [-0.2, 0) is 14.3 Å². The third kappa shape index (κ3) is 3.94. The van der Waals surface area contributed by atoms with Crippen LogP contribution < -0.4 is 9.64 Å². The Balaban J connectivity index is 2.06. The minimum absolute atomic E-state index is 0.263. The highest BCUT2D eigenvalue weighted by Gasteiger charge is 2.37. The second kappa shape index (κ2) is 8.35. The lowest BCUT2D eigenvalue weighted by Gasteiger charge is -2.18. The number of nitrogens with zero attached hydrogens (tertiary/aromatic N) is 1. The third-order valence-electron chi connectivity index (χ3n) is 5.03. The van der Waals surface area contributed by atoms with Gasteiger partial charge in [0.25, 0.3) is 5.91 Å². The van der Waals surface area contributed by atoms with Gasteiger partial charge in [0.15, 0.2) is 0 Å². The van der Waals surface area contributed by atoms with Crippen molar-refractivity contribution in [3.05, 3.63) is 76.5 Å². The van der Waals surface area contributed by atoms with E-state index in [-0.39, 0.29) is 11.5 Å². The first-order chi connectivity index (χ1) is 13.9. The molecule has 2 aromatic carbocycles. The van der Waals surface area contributed by atoms with E-state index in [0.717, 1.165) is 5.56 Å². The van der Waals surface area contributed by atoms with Crippen LogP contribution in [0.2, 0.25) is 0 Å². The molecule has 0 bridgehead atoms. The number of rotatable bonds is 5. The van der Waals surface area contributed by atoms with E-state index in [1.807, 2.05) is 24.3 Å². The highest BCUT2D eigenvalue weighted by molar-refractivity contribution is 6.23. The quantitative estimate of drug-likeness (QED) is 0.548. The van der Waals surface area contributed by atoms with Gasteiger partial charge >= 0.3 is 5.97 Å². The first-order valence-corrected chi connectivity index (χ1v) is 9.47. The minimum Gasteiger partial charge on any atom is -0.497 e. The lowest BCUT2D eigenvalue weighted by molar-refractivity contribution is -0.136. The van der Waals surface area contributed by atoms with Gasteiger partial charge in [-0.2, -0.15) is 0 Å². The molecule has 0 aromatic heterocycles. The van der Waals surface area contributed by atoms with E-state index in [9.17, 15) is 9.59 Å². The second-order valence-corrected chi connectivity index (χ2v) is 7.17. The summed E-state index contributed by atoms with van der Waals surface area (Å²) in [5.41, 5.74) is 3.86. The summed E-state index contributed by atoms with van der Waals surface area (Å²) in [7, 11) is 2.90. The summed E-state index contributed by atoms with van der Waals surface area (Å²) in [5.74, 6) is 0.317. The molecule has 1 aliphatic rings. The van der Waals surface area contributed by atoms with Crippen molar-refractivity contribution in [2.24, 2.45) is 0 Å². The van der Waals surface area contributed by atoms with Crippen LogP contribution >= 0.6 is 0 Å². The van der Waals surface area contributed by atoms with E-state index in [1.54, 1.807) is 44.4 Å². The van der Waals surface area contributed by atoms with Crippen LogP contribution in [0, 0.1) is 0 Å². The number of hydrogen-bond donors (Lipinski definition) is 0. The molecule has 0 saturated heterocycles. The molecule has 0 aliphatic carbocycles. The van der Waals surface area contributed by atoms with Crippen molar-refractivity contribution >= 4 is 23.6 Å². The van der Waals surface area contributed by atoms with Gasteiger partial charge in [-0.1, -0.05) is 38.1 Å².